The second-order valence-electron chi connectivity index (χ2n) is 7.48. The van der Waals surface area contributed by atoms with Crippen LogP contribution in [0.3, 0.4) is 0 Å². The zero-order valence-corrected chi connectivity index (χ0v) is 16.4. The topological polar surface area (TPSA) is 49.8 Å². The molecule has 1 heterocycles. The lowest BCUT2D eigenvalue weighted by Crippen LogP contribution is -2.23. The quantitative estimate of drug-likeness (QED) is 0.493. The van der Waals surface area contributed by atoms with Gasteiger partial charge in [0.05, 0.1) is 16.9 Å². The van der Waals surface area contributed by atoms with Gasteiger partial charge in [-0.05, 0) is 25.0 Å². The Bertz CT molecular complexity index is 983. The predicted octanol–water partition coefficient (Wildman–Crippen LogP) is 6.65. The lowest BCUT2D eigenvalue weighted by atomic mass is 9.96. The molecule has 4 nitrogen and oxygen atoms in total. The van der Waals surface area contributed by atoms with Crippen LogP contribution in [0, 0.1) is 0 Å². The summed E-state index contributed by atoms with van der Waals surface area (Å²) in [4.78, 5) is 9.10. The number of alkyl halides is 3. The van der Waals surface area contributed by atoms with E-state index in [4.69, 9.17) is 0 Å². The molecule has 0 saturated heterocycles. The van der Waals surface area contributed by atoms with Crippen molar-refractivity contribution in [3.8, 4) is 11.3 Å². The SMILES string of the molecule is FC(F)(F)c1ccccc1Nc1cc(-c2ccccc2)nc(NC2CCCCC2)n1. The Hall–Kier alpha value is -3.09. The first-order valence-corrected chi connectivity index (χ1v) is 10.1. The molecule has 0 bridgehead atoms. The summed E-state index contributed by atoms with van der Waals surface area (Å²) in [6.45, 7) is 0. The summed E-state index contributed by atoms with van der Waals surface area (Å²) in [5, 5.41) is 6.23. The first-order chi connectivity index (χ1) is 14.5. The molecular weight excluding hydrogens is 389 g/mol. The van der Waals surface area contributed by atoms with Gasteiger partial charge in [-0.15, -0.1) is 0 Å². The maximum Gasteiger partial charge on any atom is 0.418 e. The summed E-state index contributed by atoms with van der Waals surface area (Å²) in [5.74, 6) is 0.745. The van der Waals surface area contributed by atoms with Crippen molar-refractivity contribution in [1.29, 1.82) is 0 Å². The minimum Gasteiger partial charge on any atom is -0.351 e. The number of hydrogen-bond acceptors (Lipinski definition) is 4. The van der Waals surface area contributed by atoms with E-state index >= 15 is 0 Å². The highest BCUT2D eigenvalue weighted by atomic mass is 19.4. The summed E-state index contributed by atoms with van der Waals surface area (Å²) in [5.41, 5.74) is 0.757. The van der Waals surface area contributed by atoms with Crippen molar-refractivity contribution in [2.24, 2.45) is 0 Å². The van der Waals surface area contributed by atoms with Crippen LogP contribution in [0.1, 0.15) is 37.7 Å². The number of hydrogen-bond donors (Lipinski definition) is 2. The molecule has 1 aliphatic rings. The van der Waals surface area contributed by atoms with E-state index in [1.165, 1.54) is 18.6 Å². The number of para-hydroxylation sites is 1. The first-order valence-electron chi connectivity index (χ1n) is 10.1. The monoisotopic (exact) mass is 412 g/mol. The Kier molecular flexibility index (Phi) is 5.88. The van der Waals surface area contributed by atoms with E-state index in [2.05, 4.69) is 20.6 Å². The molecule has 1 fully saturated rings. The van der Waals surface area contributed by atoms with E-state index in [-0.39, 0.29) is 11.7 Å². The molecule has 0 amide bonds. The van der Waals surface area contributed by atoms with Crippen molar-refractivity contribution < 1.29 is 13.2 Å². The van der Waals surface area contributed by atoms with E-state index < -0.39 is 11.7 Å². The number of rotatable bonds is 5. The average Bonchev–Trinajstić information content (AvgIpc) is 2.74. The Morgan fingerprint density at radius 1 is 0.833 bits per heavy atom. The van der Waals surface area contributed by atoms with Crippen molar-refractivity contribution in [2.75, 3.05) is 10.6 Å². The lowest BCUT2D eigenvalue weighted by Gasteiger charge is -2.23. The van der Waals surface area contributed by atoms with Gasteiger partial charge in [0.1, 0.15) is 5.82 Å². The van der Waals surface area contributed by atoms with Gasteiger partial charge in [-0.2, -0.15) is 18.2 Å². The molecule has 1 aliphatic carbocycles. The predicted molar refractivity (Wildman–Crippen MR) is 113 cm³/mol. The second kappa shape index (κ2) is 8.73. The van der Waals surface area contributed by atoms with Crippen molar-refractivity contribution >= 4 is 17.5 Å². The molecule has 2 aromatic carbocycles. The molecule has 0 spiro atoms. The largest absolute Gasteiger partial charge is 0.418 e. The Morgan fingerprint density at radius 3 is 2.27 bits per heavy atom. The molecule has 3 aromatic rings. The molecule has 0 unspecified atom stereocenters. The maximum atomic E-state index is 13.4. The van der Waals surface area contributed by atoms with Gasteiger partial charge in [-0.25, -0.2) is 4.98 Å². The summed E-state index contributed by atoms with van der Waals surface area (Å²) < 4.78 is 40.2. The van der Waals surface area contributed by atoms with E-state index in [1.54, 1.807) is 12.1 Å². The minimum atomic E-state index is -4.46. The summed E-state index contributed by atoms with van der Waals surface area (Å²) in [6, 6.07) is 16.9. The number of nitrogens with zero attached hydrogens (tertiary/aromatic N) is 2. The number of anilines is 3. The number of aromatic nitrogens is 2. The fraction of sp³-hybridized carbons (Fsp3) is 0.304. The molecule has 1 aromatic heterocycles. The smallest absolute Gasteiger partial charge is 0.351 e. The van der Waals surface area contributed by atoms with Gasteiger partial charge in [-0.3, -0.25) is 0 Å². The Balaban J connectivity index is 1.69. The third kappa shape index (κ3) is 4.90. The van der Waals surface area contributed by atoms with Crippen molar-refractivity contribution in [1.82, 2.24) is 9.97 Å². The molecule has 0 radical (unpaired) electrons. The fourth-order valence-corrected chi connectivity index (χ4v) is 3.74. The first kappa shape index (κ1) is 20.2. The van der Waals surface area contributed by atoms with Gasteiger partial charge in [0.25, 0.3) is 0 Å². The average molecular weight is 412 g/mol. The van der Waals surface area contributed by atoms with Crippen LogP contribution in [0.5, 0.6) is 0 Å². The molecule has 7 heteroatoms. The highest BCUT2D eigenvalue weighted by Crippen LogP contribution is 2.36. The van der Waals surface area contributed by atoms with Crippen LogP contribution < -0.4 is 10.6 Å². The third-order valence-corrected chi connectivity index (χ3v) is 5.23. The van der Waals surface area contributed by atoms with E-state index in [9.17, 15) is 13.2 Å². The van der Waals surface area contributed by atoms with Crippen LogP contribution in [0.15, 0.2) is 60.7 Å². The zero-order valence-electron chi connectivity index (χ0n) is 16.4. The number of nitrogens with one attached hydrogen (secondary N) is 2. The Morgan fingerprint density at radius 2 is 1.53 bits per heavy atom. The molecule has 30 heavy (non-hydrogen) atoms. The summed E-state index contributed by atoms with van der Waals surface area (Å²) in [7, 11) is 0. The number of halogens is 3. The third-order valence-electron chi connectivity index (χ3n) is 5.23. The fourth-order valence-electron chi connectivity index (χ4n) is 3.74. The van der Waals surface area contributed by atoms with E-state index in [0.717, 1.165) is 37.3 Å². The second-order valence-corrected chi connectivity index (χ2v) is 7.48. The minimum absolute atomic E-state index is 0.0358. The van der Waals surface area contributed by atoms with Gasteiger partial charge in [0.2, 0.25) is 5.95 Å². The van der Waals surface area contributed by atoms with Crippen LogP contribution in [-0.4, -0.2) is 16.0 Å². The van der Waals surface area contributed by atoms with Gasteiger partial charge in [-0.1, -0.05) is 61.7 Å². The highest BCUT2D eigenvalue weighted by Gasteiger charge is 2.33. The lowest BCUT2D eigenvalue weighted by molar-refractivity contribution is -0.136. The molecule has 2 N–H and O–H groups in total. The molecule has 156 valence electrons. The van der Waals surface area contributed by atoms with Crippen LogP contribution in [-0.2, 0) is 6.18 Å². The van der Waals surface area contributed by atoms with Crippen molar-refractivity contribution in [3.05, 3.63) is 66.2 Å². The van der Waals surface area contributed by atoms with Crippen LogP contribution in [0.2, 0.25) is 0 Å². The highest BCUT2D eigenvalue weighted by molar-refractivity contribution is 5.69. The maximum absolute atomic E-state index is 13.4. The van der Waals surface area contributed by atoms with Gasteiger partial charge < -0.3 is 10.6 Å². The standard InChI is InChI=1S/C23H23F3N4/c24-23(25,26)18-13-7-8-14-19(18)28-21-15-20(16-9-3-1-4-10-16)29-22(30-21)27-17-11-5-2-6-12-17/h1,3-4,7-10,13-15,17H,2,5-6,11-12H2,(H2,27,28,29,30). The zero-order chi connectivity index (χ0) is 21.0. The van der Waals surface area contributed by atoms with Gasteiger partial charge in [0, 0.05) is 17.7 Å². The molecular formula is C23H23F3N4. The molecule has 1 saturated carbocycles. The van der Waals surface area contributed by atoms with E-state index in [1.807, 2.05) is 30.3 Å². The molecule has 0 aliphatic heterocycles. The van der Waals surface area contributed by atoms with Crippen LogP contribution >= 0.6 is 0 Å². The Labute approximate surface area is 173 Å². The summed E-state index contributed by atoms with van der Waals surface area (Å²) in [6.07, 6.45) is 1.16. The number of benzene rings is 2. The van der Waals surface area contributed by atoms with Crippen molar-refractivity contribution in [2.45, 2.75) is 44.3 Å². The van der Waals surface area contributed by atoms with Gasteiger partial charge >= 0.3 is 6.18 Å². The molecule has 4 rings (SSSR count). The molecule has 0 atom stereocenters. The van der Waals surface area contributed by atoms with Gasteiger partial charge in [0.15, 0.2) is 0 Å². The van der Waals surface area contributed by atoms with E-state index in [0.29, 0.717) is 17.5 Å². The summed E-state index contributed by atoms with van der Waals surface area (Å²) >= 11 is 0. The van der Waals surface area contributed by atoms with Crippen LogP contribution in [0.25, 0.3) is 11.3 Å². The van der Waals surface area contributed by atoms with Crippen LogP contribution in [0.4, 0.5) is 30.6 Å². The normalized spacial score (nSPS) is 15.0. The van der Waals surface area contributed by atoms with Crippen molar-refractivity contribution in [3.63, 3.8) is 0 Å².